The van der Waals surface area contributed by atoms with E-state index in [-0.39, 0.29) is 10.4 Å². The van der Waals surface area contributed by atoms with Crippen LogP contribution in [0.25, 0.3) is 0 Å². The van der Waals surface area contributed by atoms with Crippen LogP contribution in [-0.2, 0) is 11.8 Å². The summed E-state index contributed by atoms with van der Waals surface area (Å²) in [5.74, 6) is -16.2. The van der Waals surface area contributed by atoms with E-state index in [1.807, 2.05) is 0 Å². The highest BCUT2D eigenvalue weighted by Gasteiger charge is 2.72. The van der Waals surface area contributed by atoms with Crippen LogP contribution < -0.4 is 10.4 Å². The monoisotopic (exact) mass is 452 g/mol. The second-order valence-corrected chi connectivity index (χ2v) is 15.4. The Hall–Kier alpha value is -1.63. The second-order valence-electron chi connectivity index (χ2n) is 8.00. The van der Waals surface area contributed by atoms with Crippen molar-refractivity contribution in [1.82, 2.24) is 0 Å². The molecule has 0 bridgehead atoms. The number of hydrogen-bond acceptors (Lipinski definition) is 2. The molecule has 0 saturated carbocycles. The molecule has 0 aliphatic heterocycles. The minimum absolute atomic E-state index is 0.0174. The molecule has 2 aromatic rings. The Labute approximate surface area is 167 Å². The molecule has 2 nitrogen and oxygen atoms in total. The van der Waals surface area contributed by atoms with Gasteiger partial charge in [0.15, 0.2) is 0 Å². The molecule has 29 heavy (non-hydrogen) atoms. The molecule has 0 unspecified atom stereocenters. The molecule has 0 aliphatic rings. The topological polar surface area (TPSA) is 40.5 Å². The van der Waals surface area contributed by atoms with Crippen LogP contribution in [0.3, 0.4) is 0 Å². The van der Waals surface area contributed by atoms with E-state index in [4.69, 9.17) is 0 Å². The minimum atomic E-state index is -5.76. The first-order valence-corrected chi connectivity index (χ1v) is 14.6. The number of benzene rings is 2. The highest BCUT2D eigenvalue weighted by molar-refractivity contribution is 6.83. The maximum absolute atomic E-state index is 14.7. The van der Waals surface area contributed by atoms with Crippen molar-refractivity contribution in [3.63, 3.8) is 0 Å². The Kier molecular flexibility index (Phi) is 5.92. The van der Waals surface area contributed by atoms with Crippen LogP contribution in [0, 0.1) is 0 Å². The molecule has 0 heterocycles. The maximum Gasteiger partial charge on any atom is 0.380 e. The quantitative estimate of drug-likeness (QED) is 0.514. The zero-order valence-electron chi connectivity index (χ0n) is 16.3. The summed E-state index contributed by atoms with van der Waals surface area (Å²) < 4.78 is 87.9. The van der Waals surface area contributed by atoms with E-state index in [9.17, 15) is 35.9 Å². The standard InChI is InChI=1S/C19H22F6O2Si2/c1-28(2,26)15-9-5-7-13(11-15)17(20,21)19(24,25)18(22,23)14-8-6-10-16(12-14)29(3,4)27/h5-12,26-27H,1-4H3. The summed E-state index contributed by atoms with van der Waals surface area (Å²) in [6.45, 7) is 5.57. The predicted molar refractivity (Wildman–Crippen MR) is 104 cm³/mol. The van der Waals surface area contributed by atoms with Crippen LogP contribution in [0.2, 0.25) is 26.2 Å². The maximum atomic E-state index is 14.7. The molecule has 2 aromatic carbocycles. The molecule has 0 aromatic heterocycles. The summed E-state index contributed by atoms with van der Waals surface area (Å²) in [6, 6.07) is 7.20. The Morgan fingerprint density at radius 3 is 1.21 bits per heavy atom. The summed E-state index contributed by atoms with van der Waals surface area (Å²) in [7, 11) is -6.26. The van der Waals surface area contributed by atoms with Crippen molar-refractivity contribution >= 4 is 27.0 Å². The van der Waals surface area contributed by atoms with Gasteiger partial charge in [-0.15, -0.1) is 0 Å². The molecule has 160 valence electrons. The lowest BCUT2D eigenvalue weighted by atomic mass is 9.93. The van der Waals surface area contributed by atoms with Gasteiger partial charge >= 0.3 is 17.8 Å². The normalized spacial score (nSPS) is 14.2. The second kappa shape index (κ2) is 7.26. The molecule has 0 radical (unpaired) electrons. The molecule has 0 fully saturated rings. The summed E-state index contributed by atoms with van der Waals surface area (Å²) >= 11 is 0. The molecule has 0 atom stereocenters. The third-order valence-electron chi connectivity index (χ3n) is 4.65. The molecule has 2 rings (SSSR count). The lowest BCUT2D eigenvalue weighted by Gasteiger charge is -2.34. The first-order chi connectivity index (χ1) is 12.9. The van der Waals surface area contributed by atoms with E-state index in [0.29, 0.717) is 24.3 Å². The van der Waals surface area contributed by atoms with E-state index in [2.05, 4.69) is 0 Å². The molecule has 10 heteroatoms. The van der Waals surface area contributed by atoms with Gasteiger partial charge < -0.3 is 9.59 Å². The van der Waals surface area contributed by atoms with Gasteiger partial charge in [0.1, 0.15) is 0 Å². The molecular formula is C19H22F6O2Si2. The van der Waals surface area contributed by atoms with Gasteiger partial charge in [-0.3, -0.25) is 0 Å². The Bertz CT molecular complexity index is 817. The van der Waals surface area contributed by atoms with E-state index in [1.54, 1.807) is 0 Å². The van der Waals surface area contributed by atoms with Crippen LogP contribution in [0.15, 0.2) is 48.5 Å². The minimum Gasteiger partial charge on any atom is -0.428 e. The largest absolute Gasteiger partial charge is 0.428 e. The van der Waals surface area contributed by atoms with Gasteiger partial charge in [0.2, 0.25) is 16.6 Å². The smallest absolute Gasteiger partial charge is 0.380 e. The lowest BCUT2D eigenvalue weighted by molar-refractivity contribution is -0.321. The number of hydrogen-bond donors (Lipinski definition) is 2. The van der Waals surface area contributed by atoms with Crippen molar-refractivity contribution in [2.75, 3.05) is 0 Å². The summed E-state index contributed by atoms with van der Waals surface area (Å²) in [6.07, 6.45) is 0. The Balaban J connectivity index is 2.57. The van der Waals surface area contributed by atoms with Gasteiger partial charge in [-0.05, 0) is 36.6 Å². The van der Waals surface area contributed by atoms with Gasteiger partial charge in [-0.2, -0.15) is 26.3 Å². The van der Waals surface area contributed by atoms with Gasteiger partial charge in [-0.25, -0.2) is 0 Å². The fourth-order valence-electron chi connectivity index (χ4n) is 2.75. The molecule has 0 aliphatic carbocycles. The van der Waals surface area contributed by atoms with E-state index in [1.165, 1.54) is 38.3 Å². The summed E-state index contributed by atoms with van der Waals surface area (Å²) in [4.78, 5) is 20.1. The first kappa shape index (κ1) is 23.7. The van der Waals surface area contributed by atoms with Crippen molar-refractivity contribution in [2.45, 2.75) is 44.0 Å². The molecule has 0 spiro atoms. The Morgan fingerprint density at radius 1 is 0.621 bits per heavy atom. The highest BCUT2D eigenvalue weighted by Crippen LogP contribution is 2.55. The average molecular weight is 453 g/mol. The predicted octanol–water partition coefficient (Wildman–Crippen LogP) is 4.01. The number of rotatable bonds is 6. The average Bonchev–Trinajstić information content (AvgIpc) is 2.60. The summed E-state index contributed by atoms with van der Waals surface area (Å²) in [5.41, 5.74) is -2.61. The molecule has 0 amide bonds. The van der Waals surface area contributed by atoms with E-state index in [0.717, 1.165) is 12.1 Å². The van der Waals surface area contributed by atoms with Crippen LogP contribution in [0.5, 0.6) is 0 Å². The van der Waals surface area contributed by atoms with Crippen LogP contribution in [-0.4, -0.2) is 32.1 Å². The van der Waals surface area contributed by atoms with Crippen molar-refractivity contribution < 1.29 is 35.9 Å². The third kappa shape index (κ3) is 4.30. The fraction of sp³-hybridized carbons (Fsp3) is 0.368. The van der Waals surface area contributed by atoms with Crippen LogP contribution in [0.4, 0.5) is 26.3 Å². The molecule has 2 N–H and O–H groups in total. The molecule has 0 saturated heterocycles. The molecular weight excluding hydrogens is 430 g/mol. The SMILES string of the molecule is C[Si](C)(O)c1cccc(C(F)(F)C(F)(F)C(F)(F)c2cccc([Si](C)(C)O)c2)c1. The van der Waals surface area contributed by atoms with Gasteiger partial charge in [0.25, 0.3) is 0 Å². The summed E-state index contributed by atoms with van der Waals surface area (Å²) in [5, 5.41) is 0.0348. The zero-order chi connectivity index (χ0) is 22.5. The lowest BCUT2D eigenvalue weighted by Crippen LogP contribution is -2.52. The zero-order valence-corrected chi connectivity index (χ0v) is 18.3. The number of alkyl halides is 6. The third-order valence-corrected chi connectivity index (χ3v) is 8.10. The van der Waals surface area contributed by atoms with Crippen molar-refractivity contribution in [3.05, 3.63) is 59.7 Å². The van der Waals surface area contributed by atoms with Gasteiger partial charge in [0, 0.05) is 11.1 Å². The van der Waals surface area contributed by atoms with E-state index >= 15 is 0 Å². The number of halogens is 6. The fourth-order valence-corrected chi connectivity index (χ4v) is 4.78. The Morgan fingerprint density at radius 2 is 0.931 bits per heavy atom. The van der Waals surface area contributed by atoms with E-state index < -0.39 is 45.5 Å². The van der Waals surface area contributed by atoms with Crippen molar-refractivity contribution in [2.24, 2.45) is 0 Å². The highest BCUT2D eigenvalue weighted by atomic mass is 28.4. The first-order valence-electron chi connectivity index (χ1n) is 8.72. The van der Waals surface area contributed by atoms with Crippen LogP contribution >= 0.6 is 0 Å². The van der Waals surface area contributed by atoms with Gasteiger partial charge in [-0.1, -0.05) is 48.5 Å². The van der Waals surface area contributed by atoms with Crippen LogP contribution in [0.1, 0.15) is 11.1 Å². The van der Waals surface area contributed by atoms with Gasteiger partial charge in [0.05, 0.1) is 0 Å². The van der Waals surface area contributed by atoms with Crippen molar-refractivity contribution in [1.29, 1.82) is 0 Å². The van der Waals surface area contributed by atoms with Crippen molar-refractivity contribution in [3.8, 4) is 0 Å².